The molecule has 0 amide bonds. The molecule has 0 spiro atoms. The van der Waals surface area contributed by atoms with Crippen LogP contribution in [0.5, 0.6) is 0 Å². The topological polar surface area (TPSA) is 44.0 Å². The van der Waals surface area contributed by atoms with Crippen molar-refractivity contribution in [3.05, 3.63) is 35.9 Å². The second-order valence-electron chi connectivity index (χ2n) is 2.10. The number of hydrogen-bond donors (Lipinski definition) is 1. The number of hydrogen-bond acceptors (Lipinski definition) is 2. The Kier molecular flexibility index (Phi) is 2.13. The van der Waals surface area contributed by atoms with Crippen LogP contribution in [0, 0.1) is 11.3 Å². The average Bonchev–Trinajstić information content (AvgIpc) is 2.06. The fourth-order valence-electron chi connectivity index (χ4n) is 0.724. The molecule has 0 aliphatic carbocycles. The molecule has 2 nitrogen and oxygen atoms in total. The molecule has 0 aliphatic rings. The van der Waals surface area contributed by atoms with Gasteiger partial charge in [0.05, 0.1) is 0 Å². The van der Waals surface area contributed by atoms with Crippen LogP contribution < -0.4 is 0 Å². The van der Waals surface area contributed by atoms with Crippen LogP contribution >= 0.6 is 11.6 Å². The summed E-state index contributed by atoms with van der Waals surface area (Å²) in [6, 6.07) is 9.97. The first-order valence-electron chi connectivity index (χ1n) is 3.05. The van der Waals surface area contributed by atoms with Gasteiger partial charge in [0, 0.05) is 5.56 Å². The summed E-state index contributed by atoms with van der Waals surface area (Å²) in [5.74, 6) is 0. The first kappa shape index (κ1) is 8.06. The van der Waals surface area contributed by atoms with Gasteiger partial charge >= 0.3 is 0 Å². The molecule has 1 rings (SSSR count). The fraction of sp³-hybridized carbons (Fsp3) is 0.125. The molecule has 0 aromatic heterocycles. The summed E-state index contributed by atoms with van der Waals surface area (Å²) >= 11 is 5.44. The quantitative estimate of drug-likeness (QED) is 0.510. The number of halogens is 1. The van der Waals surface area contributed by atoms with Crippen molar-refractivity contribution in [2.75, 3.05) is 0 Å². The van der Waals surface area contributed by atoms with Gasteiger partial charge in [0.1, 0.15) is 6.07 Å². The van der Waals surface area contributed by atoms with Crippen LogP contribution in [0.1, 0.15) is 5.56 Å². The minimum absolute atomic E-state index is 0.393. The summed E-state index contributed by atoms with van der Waals surface area (Å²) in [6.07, 6.45) is 0. The molecule has 0 bridgehead atoms. The van der Waals surface area contributed by atoms with Gasteiger partial charge < -0.3 is 5.11 Å². The van der Waals surface area contributed by atoms with Crippen molar-refractivity contribution < 1.29 is 5.11 Å². The first-order valence-corrected chi connectivity index (χ1v) is 3.42. The molecule has 0 saturated carbocycles. The lowest BCUT2D eigenvalue weighted by Gasteiger charge is -2.10. The summed E-state index contributed by atoms with van der Waals surface area (Å²) in [7, 11) is 0. The summed E-state index contributed by atoms with van der Waals surface area (Å²) in [5, 5.41) is 15.7. The fourth-order valence-corrected chi connectivity index (χ4v) is 0.850. The largest absolute Gasteiger partial charge is 0.360 e. The van der Waals surface area contributed by atoms with Crippen LogP contribution in [0.4, 0.5) is 0 Å². The Balaban J connectivity index is 3.05. The number of benzene rings is 1. The molecule has 1 N–H and O–H groups in total. The van der Waals surface area contributed by atoms with Crippen molar-refractivity contribution in [2.45, 2.75) is 5.06 Å². The highest BCUT2D eigenvalue weighted by atomic mass is 35.5. The lowest BCUT2D eigenvalue weighted by molar-refractivity contribution is 0.189. The SMILES string of the molecule is N#C[C@@](O)(Cl)c1ccccc1. The molecule has 1 aromatic carbocycles. The van der Waals surface area contributed by atoms with Gasteiger partial charge in [0.25, 0.3) is 5.06 Å². The van der Waals surface area contributed by atoms with Gasteiger partial charge in [-0.1, -0.05) is 41.9 Å². The van der Waals surface area contributed by atoms with Gasteiger partial charge in [-0.15, -0.1) is 0 Å². The van der Waals surface area contributed by atoms with Crippen LogP contribution in [0.3, 0.4) is 0 Å². The van der Waals surface area contributed by atoms with Crippen molar-refractivity contribution >= 4 is 11.6 Å². The maximum absolute atomic E-state index is 9.20. The monoisotopic (exact) mass is 167 g/mol. The molecule has 0 aliphatic heterocycles. The molecule has 56 valence electrons. The van der Waals surface area contributed by atoms with E-state index in [1.54, 1.807) is 36.4 Å². The summed E-state index contributed by atoms with van der Waals surface area (Å²) in [5.41, 5.74) is 0.393. The highest BCUT2D eigenvalue weighted by Crippen LogP contribution is 2.23. The molecular formula is C8H6ClNO. The highest BCUT2D eigenvalue weighted by molar-refractivity contribution is 6.24. The van der Waals surface area contributed by atoms with E-state index in [-0.39, 0.29) is 0 Å². The van der Waals surface area contributed by atoms with Crippen molar-refractivity contribution in [3.63, 3.8) is 0 Å². The molecule has 1 atom stereocenters. The van der Waals surface area contributed by atoms with E-state index < -0.39 is 5.06 Å². The van der Waals surface area contributed by atoms with E-state index in [0.717, 1.165) is 0 Å². The van der Waals surface area contributed by atoms with E-state index >= 15 is 0 Å². The highest BCUT2D eigenvalue weighted by Gasteiger charge is 2.24. The molecule has 0 unspecified atom stereocenters. The van der Waals surface area contributed by atoms with E-state index in [1.165, 1.54) is 0 Å². The van der Waals surface area contributed by atoms with Crippen LogP contribution in [-0.4, -0.2) is 5.11 Å². The predicted molar refractivity (Wildman–Crippen MR) is 41.8 cm³/mol. The predicted octanol–water partition coefficient (Wildman–Crippen LogP) is 1.59. The van der Waals surface area contributed by atoms with E-state index in [2.05, 4.69) is 0 Å². The van der Waals surface area contributed by atoms with Crippen molar-refractivity contribution in [1.29, 1.82) is 5.26 Å². The van der Waals surface area contributed by atoms with Crippen LogP contribution in [0.25, 0.3) is 0 Å². The Labute approximate surface area is 69.7 Å². The summed E-state index contributed by atoms with van der Waals surface area (Å²) in [6.45, 7) is 0. The number of rotatable bonds is 1. The van der Waals surface area contributed by atoms with Gasteiger partial charge in [-0.3, -0.25) is 0 Å². The number of alkyl halides is 1. The van der Waals surface area contributed by atoms with Gasteiger partial charge in [-0.2, -0.15) is 5.26 Å². The van der Waals surface area contributed by atoms with Crippen molar-refractivity contribution in [2.24, 2.45) is 0 Å². The van der Waals surface area contributed by atoms with E-state index in [0.29, 0.717) is 5.56 Å². The third kappa shape index (κ3) is 1.70. The maximum atomic E-state index is 9.20. The standard InChI is InChI=1S/C8H6ClNO/c9-8(11,6-10)7-4-2-1-3-5-7/h1-5,11H/t8-/m0/s1. The second kappa shape index (κ2) is 2.91. The third-order valence-corrected chi connectivity index (χ3v) is 1.61. The van der Waals surface area contributed by atoms with Gasteiger partial charge in [-0.25, -0.2) is 0 Å². The molecular weight excluding hydrogens is 162 g/mol. The second-order valence-corrected chi connectivity index (χ2v) is 2.65. The molecule has 0 fully saturated rings. The normalized spacial score (nSPS) is 15.0. The summed E-state index contributed by atoms with van der Waals surface area (Å²) in [4.78, 5) is 0. The maximum Gasteiger partial charge on any atom is 0.253 e. The number of nitrogens with zero attached hydrogens (tertiary/aromatic N) is 1. The lowest BCUT2D eigenvalue weighted by Crippen LogP contribution is -2.13. The number of nitriles is 1. The van der Waals surface area contributed by atoms with Crippen molar-refractivity contribution in [3.8, 4) is 6.07 Å². The molecule has 0 radical (unpaired) electrons. The smallest absolute Gasteiger partial charge is 0.253 e. The molecule has 0 heterocycles. The summed E-state index contributed by atoms with van der Waals surface area (Å²) < 4.78 is 0. The molecule has 1 aromatic rings. The first-order chi connectivity index (χ1) is 5.17. The van der Waals surface area contributed by atoms with E-state index in [1.807, 2.05) is 0 Å². The Hall–Kier alpha value is -1.04. The van der Waals surface area contributed by atoms with Gasteiger partial charge in [0.2, 0.25) is 0 Å². The third-order valence-electron chi connectivity index (χ3n) is 1.30. The van der Waals surface area contributed by atoms with Crippen molar-refractivity contribution in [1.82, 2.24) is 0 Å². The average molecular weight is 168 g/mol. The molecule has 0 saturated heterocycles. The van der Waals surface area contributed by atoms with E-state index in [9.17, 15) is 5.11 Å². The molecule has 3 heteroatoms. The van der Waals surface area contributed by atoms with E-state index in [4.69, 9.17) is 16.9 Å². The molecule has 11 heavy (non-hydrogen) atoms. The van der Waals surface area contributed by atoms with Gasteiger partial charge in [-0.05, 0) is 0 Å². The lowest BCUT2D eigenvalue weighted by atomic mass is 10.1. The number of aliphatic hydroxyl groups is 1. The Morgan fingerprint density at radius 2 is 1.91 bits per heavy atom. The Morgan fingerprint density at radius 3 is 2.36 bits per heavy atom. The zero-order chi connectivity index (χ0) is 8.32. The zero-order valence-electron chi connectivity index (χ0n) is 5.66. The van der Waals surface area contributed by atoms with Crippen LogP contribution in [-0.2, 0) is 5.06 Å². The Morgan fingerprint density at radius 1 is 1.36 bits per heavy atom. The Bertz CT molecular complexity index is 276. The zero-order valence-corrected chi connectivity index (χ0v) is 6.42. The minimum Gasteiger partial charge on any atom is -0.360 e. The van der Waals surface area contributed by atoms with Crippen LogP contribution in [0.15, 0.2) is 30.3 Å². The minimum atomic E-state index is -1.89. The van der Waals surface area contributed by atoms with Gasteiger partial charge in [0.15, 0.2) is 0 Å². The van der Waals surface area contributed by atoms with Crippen LogP contribution in [0.2, 0.25) is 0 Å².